The summed E-state index contributed by atoms with van der Waals surface area (Å²) in [6.45, 7) is 0. The molecular formula is C12H11ClN2O2. The van der Waals surface area contributed by atoms with Gasteiger partial charge in [-0.1, -0.05) is 11.6 Å². The van der Waals surface area contributed by atoms with E-state index in [1.54, 1.807) is 6.07 Å². The first-order valence-electron chi connectivity index (χ1n) is 5.43. The maximum Gasteiger partial charge on any atom is 0.162 e. The quantitative estimate of drug-likeness (QED) is 0.833. The first-order chi connectivity index (χ1) is 8.19. The van der Waals surface area contributed by atoms with Crippen molar-refractivity contribution >= 4 is 22.5 Å². The molecule has 0 saturated heterocycles. The largest absolute Gasteiger partial charge is 0.504 e. The molecule has 3 rings (SSSR count). The first kappa shape index (κ1) is 10.6. The van der Waals surface area contributed by atoms with Gasteiger partial charge in [-0.3, -0.25) is 0 Å². The Morgan fingerprint density at radius 3 is 2.76 bits per heavy atom. The number of methoxy groups -OCH3 is 1. The van der Waals surface area contributed by atoms with E-state index < -0.39 is 0 Å². The van der Waals surface area contributed by atoms with Crippen LogP contribution < -0.4 is 4.74 Å². The fourth-order valence-electron chi connectivity index (χ4n) is 1.81. The van der Waals surface area contributed by atoms with Crippen molar-refractivity contribution in [1.29, 1.82) is 0 Å². The number of halogens is 1. The minimum Gasteiger partial charge on any atom is -0.504 e. The highest BCUT2D eigenvalue weighted by atomic mass is 35.5. The van der Waals surface area contributed by atoms with Crippen molar-refractivity contribution in [1.82, 2.24) is 9.97 Å². The zero-order chi connectivity index (χ0) is 12.0. The Kier molecular flexibility index (Phi) is 2.33. The maximum atomic E-state index is 9.68. The Morgan fingerprint density at radius 2 is 2.12 bits per heavy atom. The monoisotopic (exact) mass is 250 g/mol. The molecule has 1 N–H and O–H groups in total. The van der Waals surface area contributed by atoms with Gasteiger partial charge in [0.2, 0.25) is 0 Å². The Hall–Kier alpha value is -1.55. The van der Waals surface area contributed by atoms with E-state index in [-0.39, 0.29) is 5.75 Å². The Morgan fingerprint density at radius 1 is 1.35 bits per heavy atom. The van der Waals surface area contributed by atoms with Gasteiger partial charge in [0.1, 0.15) is 11.0 Å². The highest BCUT2D eigenvalue weighted by molar-refractivity contribution is 6.34. The molecular weight excluding hydrogens is 240 g/mol. The molecule has 2 aromatic rings. The maximum absolute atomic E-state index is 9.68. The van der Waals surface area contributed by atoms with Crippen LogP contribution in [0.5, 0.6) is 11.5 Å². The third kappa shape index (κ3) is 1.78. The molecule has 0 radical (unpaired) electrons. The normalized spacial score (nSPS) is 15.2. The molecule has 1 aromatic carbocycles. The summed E-state index contributed by atoms with van der Waals surface area (Å²) in [6, 6.07) is 3.22. The van der Waals surface area contributed by atoms with Crippen molar-refractivity contribution in [3.8, 4) is 11.5 Å². The topological polar surface area (TPSA) is 55.2 Å². The van der Waals surface area contributed by atoms with E-state index in [4.69, 9.17) is 16.3 Å². The van der Waals surface area contributed by atoms with Crippen molar-refractivity contribution in [3.05, 3.63) is 23.1 Å². The average Bonchev–Trinajstić information content (AvgIpc) is 3.13. The Balaban J connectivity index is 2.24. The second-order valence-corrected chi connectivity index (χ2v) is 4.55. The van der Waals surface area contributed by atoms with Crippen molar-refractivity contribution in [2.45, 2.75) is 18.8 Å². The zero-order valence-electron chi connectivity index (χ0n) is 9.27. The average molecular weight is 251 g/mol. The van der Waals surface area contributed by atoms with E-state index in [9.17, 15) is 5.11 Å². The van der Waals surface area contributed by atoms with Crippen LogP contribution in [0.2, 0.25) is 5.15 Å². The molecule has 0 aliphatic heterocycles. The molecule has 0 unspecified atom stereocenters. The predicted molar refractivity (Wildman–Crippen MR) is 64.7 cm³/mol. The molecule has 17 heavy (non-hydrogen) atoms. The second-order valence-electron chi connectivity index (χ2n) is 4.19. The Labute approximate surface area is 103 Å². The second kappa shape index (κ2) is 3.74. The van der Waals surface area contributed by atoms with Gasteiger partial charge in [-0.15, -0.1) is 0 Å². The van der Waals surface area contributed by atoms with Gasteiger partial charge in [-0.2, -0.15) is 0 Å². The molecule has 5 heteroatoms. The highest BCUT2D eigenvalue weighted by Crippen LogP contribution is 2.40. The predicted octanol–water partition coefficient (Wildman–Crippen LogP) is 2.87. The SMILES string of the molecule is COc1cc2nc(C3CC3)nc(Cl)c2cc1O. The molecule has 1 aliphatic carbocycles. The van der Waals surface area contributed by atoms with Gasteiger partial charge >= 0.3 is 0 Å². The molecule has 1 saturated carbocycles. The number of aromatic nitrogens is 2. The zero-order valence-corrected chi connectivity index (χ0v) is 10.0. The molecule has 0 atom stereocenters. The van der Waals surface area contributed by atoms with Gasteiger partial charge in [-0.05, 0) is 18.9 Å². The summed E-state index contributed by atoms with van der Waals surface area (Å²) in [7, 11) is 1.51. The van der Waals surface area contributed by atoms with Gasteiger partial charge < -0.3 is 9.84 Å². The summed E-state index contributed by atoms with van der Waals surface area (Å²) < 4.78 is 5.06. The molecule has 0 bridgehead atoms. The van der Waals surface area contributed by atoms with Gasteiger partial charge in [0, 0.05) is 17.4 Å². The minimum atomic E-state index is 0.0460. The van der Waals surface area contributed by atoms with Crippen molar-refractivity contribution in [2.75, 3.05) is 7.11 Å². The van der Waals surface area contributed by atoms with Crippen LogP contribution in [-0.4, -0.2) is 22.2 Å². The number of nitrogens with zero attached hydrogens (tertiary/aromatic N) is 2. The Bertz CT molecular complexity index is 597. The number of hydrogen-bond donors (Lipinski definition) is 1. The lowest BCUT2D eigenvalue weighted by Crippen LogP contribution is -1.95. The summed E-state index contributed by atoms with van der Waals surface area (Å²) in [5.41, 5.74) is 0.710. The molecule has 0 spiro atoms. The van der Waals surface area contributed by atoms with Gasteiger partial charge in [0.05, 0.1) is 12.6 Å². The van der Waals surface area contributed by atoms with Crippen LogP contribution in [0.4, 0.5) is 0 Å². The fourth-order valence-corrected chi connectivity index (χ4v) is 2.05. The molecule has 1 aliphatic rings. The van der Waals surface area contributed by atoms with Crippen LogP contribution in [0.1, 0.15) is 24.6 Å². The molecule has 4 nitrogen and oxygen atoms in total. The number of hydrogen-bond acceptors (Lipinski definition) is 4. The van der Waals surface area contributed by atoms with Gasteiger partial charge in [-0.25, -0.2) is 9.97 Å². The highest BCUT2D eigenvalue weighted by Gasteiger charge is 2.27. The fraction of sp³-hybridized carbons (Fsp3) is 0.333. The molecule has 0 amide bonds. The standard InChI is InChI=1S/C12H11ClN2O2/c1-17-10-5-8-7(4-9(10)16)11(13)15-12(14-8)6-2-3-6/h4-6,16H,2-3H2,1H3. The number of rotatable bonds is 2. The van der Waals surface area contributed by atoms with Crippen molar-refractivity contribution in [2.24, 2.45) is 0 Å². The molecule has 1 heterocycles. The van der Waals surface area contributed by atoms with E-state index in [0.717, 1.165) is 18.7 Å². The molecule has 1 fully saturated rings. The summed E-state index contributed by atoms with van der Waals surface area (Å²) in [5, 5.41) is 10.7. The number of ether oxygens (including phenoxy) is 1. The van der Waals surface area contributed by atoms with E-state index in [2.05, 4.69) is 9.97 Å². The lowest BCUT2D eigenvalue weighted by molar-refractivity contribution is 0.374. The number of fused-ring (bicyclic) bond motifs is 1. The van der Waals surface area contributed by atoms with Crippen LogP contribution in [0.3, 0.4) is 0 Å². The van der Waals surface area contributed by atoms with Crippen LogP contribution >= 0.6 is 11.6 Å². The van der Waals surface area contributed by atoms with Crippen LogP contribution in [0.25, 0.3) is 10.9 Å². The third-order valence-electron chi connectivity index (χ3n) is 2.91. The summed E-state index contributed by atoms with van der Waals surface area (Å²) >= 11 is 6.10. The summed E-state index contributed by atoms with van der Waals surface area (Å²) in [4.78, 5) is 8.72. The first-order valence-corrected chi connectivity index (χ1v) is 5.81. The number of aromatic hydroxyl groups is 1. The third-order valence-corrected chi connectivity index (χ3v) is 3.20. The van der Waals surface area contributed by atoms with Crippen LogP contribution in [0.15, 0.2) is 12.1 Å². The molecule has 1 aromatic heterocycles. The number of benzene rings is 1. The number of phenolic OH excluding ortho intramolecular Hbond substituents is 1. The minimum absolute atomic E-state index is 0.0460. The summed E-state index contributed by atoms with van der Waals surface area (Å²) in [5.74, 6) is 1.67. The van der Waals surface area contributed by atoms with Crippen LogP contribution in [-0.2, 0) is 0 Å². The lowest BCUT2D eigenvalue weighted by Gasteiger charge is -2.07. The van der Waals surface area contributed by atoms with E-state index in [0.29, 0.717) is 27.7 Å². The smallest absolute Gasteiger partial charge is 0.162 e. The van der Waals surface area contributed by atoms with E-state index in [1.807, 2.05) is 0 Å². The lowest BCUT2D eigenvalue weighted by atomic mass is 10.2. The van der Waals surface area contributed by atoms with E-state index in [1.165, 1.54) is 13.2 Å². The van der Waals surface area contributed by atoms with Crippen molar-refractivity contribution in [3.63, 3.8) is 0 Å². The molecule has 88 valence electrons. The van der Waals surface area contributed by atoms with Gasteiger partial charge in [0.25, 0.3) is 0 Å². The summed E-state index contributed by atoms with van der Waals surface area (Å²) in [6.07, 6.45) is 2.24. The van der Waals surface area contributed by atoms with E-state index >= 15 is 0 Å². The van der Waals surface area contributed by atoms with Crippen LogP contribution in [0, 0.1) is 0 Å². The van der Waals surface area contributed by atoms with Gasteiger partial charge in [0.15, 0.2) is 11.5 Å². The van der Waals surface area contributed by atoms with Crippen molar-refractivity contribution < 1.29 is 9.84 Å². The number of phenols is 1.